The van der Waals surface area contributed by atoms with E-state index in [0.29, 0.717) is 11.0 Å². The first-order valence-electron chi connectivity index (χ1n) is 10.3. The third-order valence-corrected chi connectivity index (χ3v) is 5.40. The minimum atomic E-state index is -4.89. The highest BCUT2D eigenvalue weighted by Crippen LogP contribution is 2.42. The van der Waals surface area contributed by atoms with Gasteiger partial charge in [-0.15, -0.1) is 0 Å². The van der Waals surface area contributed by atoms with Gasteiger partial charge in [0.15, 0.2) is 0 Å². The van der Waals surface area contributed by atoms with E-state index in [-0.39, 0.29) is 29.5 Å². The van der Waals surface area contributed by atoms with E-state index in [0.717, 1.165) is 17.0 Å². The number of hydrogen-bond donors (Lipinski definition) is 0. The third kappa shape index (κ3) is 4.73. The lowest BCUT2D eigenvalue weighted by atomic mass is 9.90. The Morgan fingerprint density at radius 3 is 2.33 bits per heavy atom. The first-order valence-corrected chi connectivity index (χ1v) is 10.3. The minimum Gasteiger partial charge on any atom is -0.400 e. The van der Waals surface area contributed by atoms with E-state index in [1.165, 1.54) is 51.3 Å². The Balaban J connectivity index is 2.03. The van der Waals surface area contributed by atoms with Gasteiger partial charge in [0, 0.05) is 7.11 Å². The van der Waals surface area contributed by atoms with Crippen LogP contribution in [0.25, 0.3) is 0 Å². The summed E-state index contributed by atoms with van der Waals surface area (Å²) in [5.74, 6) is -0.661. The molecule has 36 heavy (non-hydrogen) atoms. The van der Waals surface area contributed by atoms with Crippen LogP contribution >= 0.6 is 0 Å². The summed E-state index contributed by atoms with van der Waals surface area (Å²) in [5.41, 5.74) is -3.70. The maximum Gasteiger partial charge on any atom is 0.519 e. The van der Waals surface area contributed by atoms with Crippen molar-refractivity contribution in [2.24, 2.45) is 0 Å². The summed E-state index contributed by atoms with van der Waals surface area (Å²) in [7, 11) is 1.29. The van der Waals surface area contributed by atoms with Gasteiger partial charge in [-0.2, -0.15) is 18.4 Å². The second kappa shape index (κ2) is 9.71. The molecule has 0 aliphatic carbocycles. The van der Waals surface area contributed by atoms with Gasteiger partial charge in [0.25, 0.3) is 5.91 Å². The van der Waals surface area contributed by atoms with E-state index < -0.39 is 40.9 Å². The molecule has 0 spiro atoms. The van der Waals surface area contributed by atoms with Crippen LogP contribution in [-0.2, 0) is 26.0 Å². The molecule has 0 unspecified atom stereocenters. The Labute approximate surface area is 203 Å². The van der Waals surface area contributed by atoms with E-state index in [1.54, 1.807) is 0 Å². The zero-order valence-corrected chi connectivity index (χ0v) is 19.4. The number of methoxy groups -OCH3 is 1. The number of alkyl halides is 3. The summed E-state index contributed by atoms with van der Waals surface area (Å²) in [6, 6.07) is 8.64. The normalized spacial score (nSPS) is 17.7. The number of imide groups is 1. The van der Waals surface area contributed by atoms with Crippen LogP contribution in [0, 0.1) is 11.3 Å². The van der Waals surface area contributed by atoms with Crippen molar-refractivity contribution in [2.45, 2.75) is 25.6 Å². The van der Waals surface area contributed by atoms with Crippen molar-refractivity contribution in [3.63, 3.8) is 0 Å². The average molecular weight is 503 g/mol. The Kier molecular flexibility index (Phi) is 7.08. The number of nitriles is 1. The molecule has 0 N–H and O–H groups in total. The third-order valence-electron chi connectivity index (χ3n) is 5.40. The van der Waals surface area contributed by atoms with Crippen molar-refractivity contribution in [1.29, 1.82) is 5.26 Å². The van der Waals surface area contributed by atoms with Gasteiger partial charge in [-0.05, 0) is 49.7 Å². The van der Waals surface area contributed by atoms with Crippen LogP contribution in [0.3, 0.4) is 0 Å². The lowest BCUT2D eigenvalue weighted by molar-refractivity contribution is -0.137. The van der Waals surface area contributed by atoms with Crippen molar-refractivity contribution >= 4 is 23.8 Å². The van der Waals surface area contributed by atoms with Gasteiger partial charge in [0.05, 0.1) is 22.9 Å². The summed E-state index contributed by atoms with van der Waals surface area (Å²) in [4.78, 5) is 40.1. The number of nitrogens with zero attached hydrogens (tertiary/aromatic N) is 3. The summed E-state index contributed by atoms with van der Waals surface area (Å²) in [5, 5.41) is 9.04. The largest absolute Gasteiger partial charge is 0.519 e. The predicted molar refractivity (Wildman–Crippen MR) is 118 cm³/mol. The van der Waals surface area contributed by atoms with Crippen LogP contribution < -0.4 is 9.64 Å². The summed E-state index contributed by atoms with van der Waals surface area (Å²) in [6.45, 7) is 5.93. The molecule has 1 atom stereocenters. The number of allylic oxidation sites excluding steroid dienone is 1. The standard InChI is InChI=1S/C24H20F3N3O6/c1-14(2)35-22(33)36-18-9-6-16(7-10-18)23(3)20(31)30(21(32)29(23)13-34-4)17-8-5-15(12-28)19(11-17)24(25,26)27/h5-11H,1,13H2,2-4H3/t23-/m1/s1. The van der Waals surface area contributed by atoms with Gasteiger partial charge in [0.1, 0.15) is 23.8 Å². The first-order chi connectivity index (χ1) is 16.8. The van der Waals surface area contributed by atoms with E-state index in [9.17, 15) is 27.6 Å². The molecular weight excluding hydrogens is 483 g/mol. The van der Waals surface area contributed by atoms with Gasteiger partial charge in [-0.3, -0.25) is 9.69 Å². The van der Waals surface area contributed by atoms with Crippen LogP contribution in [0.1, 0.15) is 30.5 Å². The SMILES string of the molecule is C=C(C)OC(=O)Oc1ccc([C@]2(C)C(=O)N(c3ccc(C#N)c(C(F)(F)F)c3)C(=O)N2COC)cc1. The van der Waals surface area contributed by atoms with Gasteiger partial charge < -0.3 is 14.2 Å². The zero-order valence-electron chi connectivity index (χ0n) is 19.4. The molecule has 9 nitrogen and oxygen atoms in total. The summed E-state index contributed by atoms with van der Waals surface area (Å²) < 4.78 is 55.3. The molecule has 188 valence electrons. The highest BCUT2D eigenvalue weighted by molar-refractivity contribution is 6.23. The van der Waals surface area contributed by atoms with Crippen LogP contribution in [0.15, 0.2) is 54.8 Å². The molecule has 1 aliphatic heterocycles. The lowest BCUT2D eigenvalue weighted by Gasteiger charge is -2.31. The van der Waals surface area contributed by atoms with Crippen molar-refractivity contribution in [3.05, 3.63) is 71.5 Å². The maximum atomic E-state index is 13.6. The molecular formula is C24H20F3N3O6. The maximum absolute atomic E-state index is 13.6. The second-order valence-electron chi connectivity index (χ2n) is 7.86. The molecule has 3 amide bonds. The summed E-state index contributed by atoms with van der Waals surface area (Å²) >= 11 is 0. The molecule has 2 aromatic rings. The van der Waals surface area contributed by atoms with E-state index in [2.05, 4.69) is 6.58 Å². The topological polar surface area (TPSA) is 109 Å². The molecule has 3 rings (SSSR count). The quantitative estimate of drug-likeness (QED) is 0.238. The summed E-state index contributed by atoms with van der Waals surface area (Å²) in [6.07, 6.45) is -5.91. The number of anilines is 1. The molecule has 1 aliphatic rings. The number of benzene rings is 2. The van der Waals surface area contributed by atoms with Crippen LogP contribution in [-0.4, -0.2) is 36.8 Å². The van der Waals surface area contributed by atoms with Gasteiger partial charge in [-0.1, -0.05) is 18.7 Å². The van der Waals surface area contributed by atoms with E-state index >= 15 is 0 Å². The van der Waals surface area contributed by atoms with Crippen LogP contribution in [0.2, 0.25) is 0 Å². The molecule has 0 bridgehead atoms. The number of carbonyl (C=O) groups is 3. The van der Waals surface area contributed by atoms with Crippen molar-refractivity contribution in [2.75, 3.05) is 18.7 Å². The zero-order chi connectivity index (χ0) is 26.8. The Morgan fingerprint density at radius 2 is 1.81 bits per heavy atom. The van der Waals surface area contributed by atoms with Crippen LogP contribution in [0.5, 0.6) is 5.75 Å². The molecule has 0 radical (unpaired) electrons. The molecule has 12 heteroatoms. The van der Waals surface area contributed by atoms with Crippen molar-refractivity contribution in [3.8, 4) is 11.8 Å². The number of carbonyl (C=O) groups excluding carboxylic acids is 3. The van der Waals surface area contributed by atoms with Gasteiger partial charge in [0.2, 0.25) is 0 Å². The lowest BCUT2D eigenvalue weighted by Crippen LogP contribution is -2.45. The predicted octanol–water partition coefficient (Wildman–Crippen LogP) is 4.91. The number of ether oxygens (including phenoxy) is 3. The smallest absolute Gasteiger partial charge is 0.400 e. The Hall–Kier alpha value is -4.37. The Bertz CT molecular complexity index is 1270. The number of rotatable bonds is 6. The van der Waals surface area contributed by atoms with Gasteiger partial charge in [-0.25, -0.2) is 14.5 Å². The van der Waals surface area contributed by atoms with E-state index in [4.69, 9.17) is 19.5 Å². The number of urea groups is 1. The second-order valence-corrected chi connectivity index (χ2v) is 7.86. The van der Waals surface area contributed by atoms with Crippen molar-refractivity contribution in [1.82, 2.24) is 4.90 Å². The molecule has 2 aromatic carbocycles. The minimum absolute atomic E-state index is 0.0717. The molecule has 1 saturated heterocycles. The van der Waals surface area contributed by atoms with Crippen LogP contribution in [0.4, 0.5) is 28.4 Å². The van der Waals surface area contributed by atoms with Crippen molar-refractivity contribution < 1.29 is 41.8 Å². The first kappa shape index (κ1) is 26.2. The van der Waals surface area contributed by atoms with E-state index in [1.807, 2.05) is 0 Å². The Morgan fingerprint density at radius 1 is 1.17 bits per heavy atom. The number of halogens is 3. The molecule has 1 fully saturated rings. The highest BCUT2D eigenvalue weighted by atomic mass is 19.4. The molecule has 1 heterocycles. The molecule has 0 saturated carbocycles. The average Bonchev–Trinajstić information content (AvgIpc) is 2.99. The monoisotopic (exact) mass is 503 g/mol. The highest BCUT2D eigenvalue weighted by Gasteiger charge is 2.56. The fourth-order valence-electron chi connectivity index (χ4n) is 3.66. The number of amides is 3. The van der Waals surface area contributed by atoms with Gasteiger partial charge >= 0.3 is 18.4 Å². The fraction of sp³-hybridized carbons (Fsp3) is 0.250. The molecule has 0 aromatic heterocycles. The number of hydrogen-bond acceptors (Lipinski definition) is 7. The fourth-order valence-corrected chi connectivity index (χ4v) is 3.66.